The van der Waals surface area contributed by atoms with Crippen molar-refractivity contribution < 1.29 is 23.5 Å². The minimum absolute atomic E-state index is 0.260. The number of anilines is 2. The molecule has 2 aliphatic rings. The zero-order valence-electron chi connectivity index (χ0n) is 22.0. The van der Waals surface area contributed by atoms with Crippen LogP contribution in [0.3, 0.4) is 0 Å². The Bertz CT molecular complexity index is 1730. The highest BCUT2D eigenvalue weighted by molar-refractivity contribution is 8.00. The van der Waals surface area contributed by atoms with Crippen LogP contribution in [0.15, 0.2) is 82.6 Å². The number of amides is 3. The Morgan fingerprint density at radius 2 is 1.73 bits per heavy atom. The minimum atomic E-state index is -0.841. The Labute approximate surface area is 242 Å². The number of thioether (sulfide) groups is 1. The second-order valence-electron chi connectivity index (χ2n) is 9.84. The molecule has 1 saturated heterocycles. The minimum Gasteiger partial charge on any atom is -0.497 e. The topological polar surface area (TPSA) is 97.7 Å². The number of hydrogen-bond donors (Lipinski definition) is 1. The second-order valence-corrected chi connectivity index (χ2v) is 12.0. The van der Waals surface area contributed by atoms with Gasteiger partial charge in [0, 0.05) is 16.5 Å². The molecule has 41 heavy (non-hydrogen) atoms. The maximum Gasteiger partial charge on any atom is 0.308 e. The molecule has 1 aromatic heterocycles. The molecule has 3 heterocycles. The van der Waals surface area contributed by atoms with Gasteiger partial charge >= 0.3 is 4.87 Å². The number of benzene rings is 3. The molecule has 11 heteroatoms. The van der Waals surface area contributed by atoms with Crippen molar-refractivity contribution in [3.05, 3.63) is 104 Å². The lowest BCUT2D eigenvalue weighted by molar-refractivity contribution is -0.122. The van der Waals surface area contributed by atoms with Crippen molar-refractivity contribution in [3.63, 3.8) is 0 Å². The van der Waals surface area contributed by atoms with Crippen LogP contribution in [-0.2, 0) is 20.9 Å². The first kappa shape index (κ1) is 27.0. The van der Waals surface area contributed by atoms with Crippen LogP contribution >= 0.6 is 23.1 Å². The van der Waals surface area contributed by atoms with Crippen LogP contribution in [-0.4, -0.2) is 34.6 Å². The Kier molecular flexibility index (Phi) is 7.00. The van der Waals surface area contributed by atoms with Gasteiger partial charge in [0.05, 0.1) is 23.7 Å². The number of imide groups is 1. The van der Waals surface area contributed by atoms with Crippen LogP contribution in [0.2, 0.25) is 0 Å². The number of aromatic nitrogens is 1. The molecule has 0 aliphatic carbocycles. The fourth-order valence-electron chi connectivity index (χ4n) is 5.34. The monoisotopic (exact) mass is 589 g/mol. The van der Waals surface area contributed by atoms with E-state index in [1.165, 1.54) is 28.7 Å². The van der Waals surface area contributed by atoms with E-state index in [1.54, 1.807) is 42.5 Å². The number of fused-ring (bicyclic) bond motifs is 2. The van der Waals surface area contributed by atoms with Crippen molar-refractivity contribution in [2.24, 2.45) is 5.92 Å². The largest absolute Gasteiger partial charge is 0.497 e. The number of nitrogens with zero attached hydrogens (tertiary/aromatic N) is 2. The lowest BCUT2D eigenvalue weighted by atomic mass is 9.83. The molecule has 3 atom stereocenters. The lowest BCUT2D eigenvalue weighted by Crippen LogP contribution is -2.33. The predicted octanol–water partition coefficient (Wildman–Crippen LogP) is 4.80. The van der Waals surface area contributed by atoms with Crippen molar-refractivity contribution in [1.82, 2.24) is 4.57 Å². The number of carbonyl (C=O) groups is 3. The lowest BCUT2D eigenvalue weighted by Gasteiger charge is -2.30. The molecular formula is C30H24FN3O5S2. The van der Waals surface area contributed by atoms with Gasteiger partial charge in [0.1, 0.15) is 23.4 Å². The average molecular weight is 590 g/mol. The summed E-state index contributed by atoms with van der Waals surface area (Å²) in [4.78, 5) is 55.3. The smallest absolute Gasteiger partial charge is 0.308 e. The molecule has 2 aliphatic heterocycles. The van der Waals surface area contributed by atoms with Crippen LogP contribution in [0.25, 0.3) is 0 Å². The van der Waals surface area contributed by atoms with Gasteiger partial charge in [-0.3, -0.25) is 23.7 Å². The first-order chi connectivity index (χ1) is 19.7. The van der Waals surface area contributed by atoms with E-state index >= 15 is 0 Å². The molecule has 8 nitrogen and oxygen atoms in total. The molecule has 3 amide bonds. The van der Waals surface area contributed by atoms with Gasteiger partial charge in [-0.25, -0.2) is 9.29 Å². The molecule has 4 aromatic rings. The van der Waals surface area contributed by atoms with Crippen molar-refractivity contribution in [2.75, 3.05) is 17.3 Å². The molecule has 1 N–H and O–H groups in total. The highest BCUT2D eigenvalue weighted by Crippen LogP contribution is 2.53. The molecule has 1 fully saturated rings. The van der Waals surface area contributed by atoms with Crippen LogP contribution in [0.5, 0.6) is 5.75 Å². The van der Waals surface area contributed by atoms with E-state index in [0.29, 0.717) is 32.6 Å². The van der Waals surface area contributed by atoms with Crippen molar-refractivity contribution in [1.29, 1.82) is 0 Å². The standard InChI is InChI=1S/C30H24FN3O5S2/c1-16-4-3-5-19(14-16)32-22(35)15-33-29-26(41-30(33)38)23(17-6-8-18(31)9-7-17)24-25(40-29)28(37)34(27(24)36)20-10-12-21(39-2)13-11-20/h3-14,23-25H,15H2,1-2H3,(H,32,35). The van der Waals surface area contributed by atoms with Gasteiger partial charge in [-0.15, -0.1) is 0 Å². The number of halogens is 1. The Morgan fingerprint density at radius 1 is 1.00 bits per heavy atom. The summed E-state index contributed by atoms with van der Waals surface area (Å²) in [5, 5.41) is 2.44. The normalized spacial score (nSPS) is 19.6. The van der Waals surface area contributed by atoms with Gasteiger partial charge in [-0.1, -0.05) is 47.4 Å². The van der Waals surface area contributed by atoms with E-state index in [2.05, 4.69) is 5.32 Å². The number of rotatable bonds is 6. The summed E-state index contributed by atoms with van der Waals surface area (Å²) in [7, 11) is 1.53. The second kappa shape index (κ2) is 10.6. The Hall–Kier alpha value is -4.22. The Morgan fingerprint density at radius 3 is 2.41 bits per heavy atom. The number of ether oxygens (including phenoxy) is 1. The molecule has 0 bridgehead atoms. The van der Waals surface area contributed by atoms with Gasteiger partial charge in [0.15, 0.2) is 0 Å². The molecular weight excluding hydrogens is 565 g/mol. The highest BCUT2D eigenvalue weighted by Gasteiger charge is 2.56. The van der Waals surface area contributed by atoms with Crippen molar-refractivity contribution in [2.45, 2.75) is 29.7 Å². The van der Waals surface area contributed by atoms with E-state index in [-0.39, 0.29) is 11.4 Å². The van der Waals surface area contributed by atoms with Gasteiger partial charge in [-0.05, 0) is 66.6 Å². The maximum absolute atomic E-state index is 13.9. The number of thiazole rings is 1. The fourth-order valence-corrected chi connectivity index (χ4v) is 8.11. The first-order valence-electron chi connectivity index (χ1n) is 12.8. The summed E-state index contributed by atoms with van der Waals surface area (Å²) in [5.41, 5.74) is 2.60. The van der Waals surface area contributed by atoms with Crippen LogP contribution in [0, 0.1) is 18.7 Å². The third-order valence-electron chi connectivity index (χ3n) is 7.21. The number of methoxy groups -OCH3 is 1. The third kappa shape index (κ3) is 4.85. The van der Waals surface area contributed by atoms with Crippen molar-refractivity contribution in [3.8, 4) is 5.75 Å². The summed E-state index contributed by atoms with van der Waals surface area (Å²) in [6, 6.07) is 19.7. The van der Waals surface area contributed by atoms with E-state index in [9.17, 15) is 23.6 Å². The number of carbonyl (C=O) groups excluding carboxylic acids is 3. The zero-order valence-corrected chi connectivity index (χ0v) is 23.6. The fraction of sp³-hybridized carbons (Fsp3) is 0.200. The number of nitrogens with one attached hydrogen (secondary N) is 1. The number of hydrogen-bond acceptors (Lipinski definition) is 7. The molecule has 0 radical (unpaired) electrons. The third-order valence-corrected chi connectivity index (χ3v) is 9.82. The molecule has 0 spiro atoms. The SMILES string of the molecule is COc1ccc(N2C(=O)C3Sc4c(sc(=O)n4CC(=O)Nc4cccc(C)c4)C(c4ccc(F)cc4)C3C2=O)cc1. The van der Waals surface area contributed by atoms with Crippen molar-refractivity contribution >= 4 is 52.2 Å². The van der Waals surface area contributed by atoms with Crippen LogP contribution in [0.4, 0.5) is 15.8 Å². The summed E-state index contributed by atoms with van der Waals surface area (Å²) in [6.45, 7) is 1.65. The van der Waals surface area contributed by atoms with E-state index < -0.39 is 40.6 Å². The van der Waals surface area contributed by atoms with Gasteiger partial charge in [0.2, 0.25) is 17.7 Å². The molecule has 3 unspecified atom stereocenters. The van der Waals surface area contributed by atoms with E-state index in [4.69, 9.17) is 4.74 Å². The van der Waals surface area contributed by atoms with Gasteiger partial charge in [-0.2, -0.15) is 0 Å². The Balaban J connectivity index is 1.40. The predicted molar refractivity (Wildman–Crippen MR) is 155 cm³/mol. The van der Waals surface area contributed by atoms with E-state index in [0.717, 1.165) is 28.7 Å². The van der Waals surface area contributed by atoms with Crippen LogP contribution in [0.1, 0.15) is 21.9 Å². The summed E-state index contributed by atoms with van der Waals surface area (Å²) >= 11 is 2.07. The first-order valence-corrected chi connectivity index (χ1v) is 14.5. The number of aryl methyl sites for hydroxylation is 1. The van der Waals surface area contributed by atoms with Gasteiger partial charge in [0.25, 0.3) is 0 Å². The molecule has 0 saturated carbocycles. The molecule has 208 valence electrons. The van der Waals surface area contributed by atoms with E-state index in [1.807, 2.05) is 25.1 Å². The summed E-state index contributed by atoms with van der Waals surface area (Å²) in [6.07, 6.45) is 0. The quantitative estimate of drug-likeness (QED) is 0.325. The molecule has 3 aromatic carbocycles. The van der Waals surface area contributed by atoms with Crippen LogP contribution < -0.4 is 19.8 Å². The summed E-state index contributed by atoms with van der Waals surface area (Å²) in [5.74, 6) is -2.56. The van der Waals surface area contributed by atoms with Gasteiger partial charge < -0.3 is 10.1 Å². The average Bonchev–Trinajstić information content (AvgIpc) is 3.40. The summed E-state index contributed by atoms with van der Waals surface area (Å²) < 4.78 is 20.4. The maximum atomic E-state index is 13.9. The molecule has 6 rings (SSSR count). The zero-order chi connectivity index (χ0) is 28.8. The highest BCUT2D eigenvalue weighted by atomic mass is 32.2.